The van der Waals surface area contributed by atoms with E-state index < -0.39 is 0 Å². The maximum atomic E-state index is 12.1. The zero-order valence-electron chi connectivity index (χ0n) is 13.2. The Bertz CT molecular complexity index is 865. The highest BCUT2D eigenvalue weighted by Gasteiger charge is 2.11. The Balaban J connectivity index is 1.62. The fraction of sp³-hybridized carbons (Fsp3) is 0.118. The van der Waals surface area contributed by atoms with Gasteiger partial charge in [0.1, 0.15) is 5.75 Å². The summed E-state index contributed by atoms with van der Waals surface area (Å²) >= 11 is 1.64. The van der Waals surface area contributed by atoms with Gasteiger partial charge in [0.2, 0.25) is 0 Å². The van der Waals surface area contributed by atoms with Gasteiger partial charge in [0.15, 0.2) is 5.69 Å². The number of aryl methyl sites for hydroxylation is 1. The number of aromatic nitrogens is 2. The van der Waals surface area contributed by atoms with Gasteiger partial charge < -0.3 is 4.74 Å². The van der Waals surface area contributed by atoms with E-state index in [1.807, 2.05) is 43.3 Å². The molecule has 2 N–H and O–H groups in total. The molecule has 24 heavy (non-hydrogen) atoms. The molecule has 0 radical (unpaired) electrons. The molecule has 3 rings (SSSR count). The highest BCUT2D eigenvalue weighted by Crippen LogP contribution is 2.26. The molecule has 7 heteroatoms. The smallest absolute Gasteiger partial charge is 0.291 e. The van der Waals surface area contributed by atoms with Gasteiger partial charge in [-0.3, -0.25) is 9.89 Å². The monoisotopic (exact) mass is 340 g/mol. The Hall–Kier alpha value is -2.93. The van der Waals surface area contributed by atoms with E-state index in [-0.39, 0.29) is 5.91 Å². The van der Waals surface area contributed by atoms with Gasteiger partial charge in [0.25, 0.3) is 5.91 Å². The summed E-state index contributed by atoms with van der Waals surface area (Å²) in [6.45, 7) is 2.03. The number of nitrogens with one attached hydrogen (secondary N) is 2. The number of rotatable bonds is 5. The molecule has 0 bridgehead atoms. The number of amides is 1. The SMILES string of the molecule is COc1ccc(/C=N\NC(=O)c2cc(-c3ccc(C)s3)[nH]n2)cc1. The van der Waals surface area contributed by atoms with Gasteiger partial charge in [-0.15, -0.1) is 11.3 Å². The van der Waals surface area contributed by atoms with Crippen LogP contribution in [0.1, 0.15) is 20.9 Å². The number of ether oxygens (including phenoxy) is 1. The van der Waals surface area contributed by atoms with E-state index in [1.54, 1.807) is 30.7 Å². The highest BCUT2D eigenvalue weighted by atomic mass is 32.1. The third kappa shape index (κ3) is 3.69. The first kappa shape index (κ1) is 15.9. The van der Waals surface area contributed by atoms with Gasteiger partial charge in [-0.25, -0.2) is 5.43 Å². The van der Waals surface area contributed by atoms with E-state index in [0.717, 1.165) is 21.9 Å². The Labute approximate surface area is 143 Å². The maximum absolute atomic E-state index is 12.1. The summed E-state index contributed by atoms with van der Waals surface area (Å²) in [7, 11) is 1.61. The van der Waals surface area contributed by atoms with Crippen molar-refractivity contribution in [1.82, 2.24) is 15.6 Å². The Morgan fingerprint density at radius 2 is 2.08 bits per heavy atom. The van der Waals surface area contributed by atoms with E-state index in [0.29, 0.717) is 5.69 Å². The lowest BCUT2D eigenvalue weighted by atomic mass is 10.2. The molecule has 0 aliphatic heterocycles. The topological polar surface area (TPSA) is 79.4 Å². The van der Waals surface area contributed by atoms with Crippen molar-refractivity contribution in [3.05, 3.63) is 58.6 Å². The maximum Gasteiger partial charge on any atom is 0.291 e. The van der Waals surface area contributed by atoms with Crippen molar-refractivity contribution in [2.75, 3.05) is 7.11 Å². The number of H-pyrrole nitrogens is 1. The summed E-state index contributed by atoms with van der Waals surface area (Å²) in [5.74, 6) is 0.402. The number of thiophene rings is 1. The number of carbonyl (C=O) groups is 1. The molecule has 0 spiro atoms. The van der Waals surface area contributed by atoms with Crippen LogP contribution in [0.5, 0.6) is 5.75 Å². The molecular formula is C17H16N4O2S. The van der Waals surface area contributed by atoms with Crippen molar-refractivity contribution >= 4 is 23.5 Å². The summed E-state index contributed by atoms with van der Waals surface area (Å²) in [6, 6.07) is 13.1. The first-order valence-electron chi connectivity index (χ1n) is 7.25. The molecule has 3 aromatic rings. The van der Waals surface area contributed by atoms with Crippen LogP contribution in [-0.4, -0.2) is 29.4 Å². The van der Waals surface area contributed by atoms with Gasteiger partial charge in [-0.05, 0) is 55.0 Å². The number of hydrogen-bond donors (Lipinski definition) is 2. The average molecular weight is 340 g/mol. The lowest BCUT2D eigenvalue weighted by Gasteiger charge is -1.99. The van der Waals surface area contributed by atoms with Crippen molar-refractivity contribution < 1.29 is 9.53 Å². The fourth-order valence-corrected chi connectivity index (χ4v) is 2.89. The summed E-state index contributed by atoms with van der Waals surface area (Å²) in [6.07, 6.45) is 1.56. The number of benzene rings is 1. The highest BCUT2D eigenvalue weighted by molar-refractivity contribution is 7.15. The van der Waals surface area contributed by atoms with E-state index in [1.165, 1.54) is 4.88 Å². The van der Waals surface area contributed by atoms with Gasteiger partial charge in [0.05, 0.1) is 23.9 Å². The molecule has 122 valence electrons. The second-order valence-corrected chi connectivity index (χ2v) is 6.34. The summed E-state index contributed by atoms with van der Waals surface area (Å²) in [4.78, 5) is 14.3. The second-order valence-electron chi connectivity index (χ2n) is 5.05. The molecule has 2 heterocycles. The third-order valence-corrected chi connectivity index (χ3v) is 4.35. The minimum Gasteiger partial charge on any atom is -0.497 e. The van der Waals surface area contributed by atoms with Crippen LogP contribution in [0.2, 0.25) is 0 Å². The summed E-state index contributed by atoms with van der Waals surface area (Å²) < 4.78 is 5.08. The van der Waals surface area contributed by atoms with Crippen LogP contribution >= 0.6 is 11.3 Å². The Morgan fingerprint density at radius 1 is 1.29 bits per heavy atom. The van der Waals surface area contributed by atoms with E-state index in [9.17, 15) is 4.79 Å². The second kappa shape index (κ2) is 7.10. The van der Waals surface area contributed by atoms with Gasteiger partial charge in [-0.2, -0.15) is 10.2 Å². The molecule has 0 unspecified atom stereocenters. The van der Waals surface area contributed by atoms with Gasteiger partial charge in [-0.1, -0.05) is 0 Å². The van der Waals surface area contributed by atoms with E-state index in [4.69, 9.17) is 4.74 Å². The van der Waals surface area contributed by atoms with Crippen molar-refractivity contribution in [1.29, 1.82) is 0 Å². The van der Waals surface area contributed by atoms with Crippen molar-refractivity contribution in [3.63, 3.8) is 0 Å². The first-order valence-corrected chi connectivity index (χ1v) is 8.07. The molecule has 0 aliphatic carbocycles. The molecule has 2 aromatic heterocycles. The summed E-state index contributed by atoms with van der Waals surface area (Å²) in [5.41, 5.74) is 4.43. The zero-order valence-corrected chi connectivity index (χ0v) is 14.1. The number of nitrogens with zero attached hydrogens (tertiary/aromatic N) is 2. The number of methoxy groups -OCH3 is 1. The van der Waals surface area contributed by atoms with E-state index in [2.05, 4.69) is 20.7 Å². The number of aromatic amines is 1. The molecular weight excluding hydrogens is 324 g/mol. The zero-order chi connectivity index (χ0) is 16.9. The first-order chi connectivity index (χ1) is 11.7. The predicted molar refractivity (Wildman–Crippen MR) is 94.7 cm³/mol. The van der Waals surface area contributed by atoms with Crippen LogP contribution < -0.4 is 10.2 Å². The third-order valence-electron chi connectivity index (χ3n) is 3.31. The van der Waals surface area contributed by atoms with Crippen LogP contribution in [0.4, 0.5) is 0 Å². The molecule has 6 nitrogen and oxygen atoms in total. The Morgan fingerprint density at radius 3 is 2.75 bits per heavy atom. The quantitative estimate of drug-likeness (QED) is 0.553. The largest absolute Gasteiger partial charge is 0.497 e. The van der Waals surface area contributed by atoms with Gasteiger partial charge in [0, 0.05) is 4.88 Å². The fourth-order valence-electron chi connectivity index (χ4n) is 2.06. The van der Waals surface area contributed by atoms with Crippen molar-refractivity contribution in [2.24, 2.45) is 5.10 Å². The number of carbonyl (C=O) groups excluding carboxylic acids is 1. The van der Waals surface area contributed by atoms with Crippen molar-refractivity contribution in [3.8, 4) is 16.3 Å². The molecule has 0 saturated carbocycles. The van der Waals surface area contributed by atoms with Crippen LogP contribution in [0.3, 0.4) is 0 Å². The van der Waals surface area contributed by atoms with Crippen LogP contribution in [0.25, 0.3) is 10.6 Å². The Kier molecular flexibility index (Phi) is 4.72. The standard InChI is InChI=1S/C17H16N4O2S/c1-11-3-8-16(24-11)14-9-15(20-19-14)17(22)21-18-10-12-4-6-13(23-2)7-5-12/h3-10H,1-2H3,(H,19,20)(H,21,22)/b18-10-. The minimum absolute atomic E-state index is 0.294. The number of hydrazone groups is 1. The van der Waals surface area contributed by atoms with Crippen molar-refractivity contribution in [2.45, 2.75) is 6.92 Å². The lowest BCUT2D eigenvalue weighted by molar-refractivity contribution is 0.0950. The molecule has 0 aliphatic rings. The molecule has 1 amide bonds. The predicted octanol–water partition coefficient (Wildman–Crippen LogP) is 3.22. The molecule has 0 atom stereocenters. The van der Waals surface area contributed by atoms with E-state index >= 15 is 0 Å². The van der Waals surface area contributed by atoms with Crippen LogP contribution in [0.15, 0.2) is 47.6 Å². The van der Waals surface area contributed by atoms with Crippen LogP contribution in [0, 0.1) is 6.92 Å². The summed E-state index contributed by atoms with van der Waals surface area (Å²) in [5, 5.41) is 10.8. The number of hydrogen-bond acceptors (Lipinski definition) is 5. The molecule has 1 aromatic carbocycles. The normalized spacial score (nSPS) is 10.9. The average Bonchev–Trinajstić information content (AvgIpc) is 3.24. The molecule has 0 fully saturated rings. The van der Waals surface area contributed by atoms with Gasteiger partial charge >= 0.3 is 0 Å². The minimum atomic E-state index is -0.365. The molecule has 0 saturated heterocycles. The van der Waals surface area contributed by atoms with Crippen LogP contribution in [-0.2, 0) is 0 Å². The lowest BCUT2D eigenvalue weighted by Crippen LogP contribution is -2.17.